The van der Waals surface area contributed by atoms with E-state index in [1.165, 1.54) is 7.11 Å². The van der Waals surface area contributed by atoms with E-state index in [1.807, 2.05) is 0 Å². The van der Waals surface area contributed by atoms with Crippen molar-refractivity contribution in [3.63, 3.8) is 0 Å². The van der Waals surface area contributed by atoms with E-state index in [1.54, 1.807) is 18.2 Å². The zero-order chi connectivity index (χ0) is 8.27. The molecule has 0 spiro atoms. The summed E-state index contributed by atoms with van der Waals surface area (Å²) in [6.07, 6.45) is 7.85. The number of hydrogen-bond acceptors (Lipinski definition) is 3. The minimum Gasteiger partial charge on any atom is -0.420 e. The predicted octanol–water partition coefficient (Wildman–Crippen LogP) is 1.27. The van der Waals surface area contributed by atoms with Gasteiger partial charge in [0, 0.05) is 18.2 Å². The number of esters is 1. The van der Waals surface area contributed by atoms with Crippen LogP contribution >= 0.6 is 12.6 Å². The van der Waals surface area contributed by atoms with E-state index in [0.29, 0.717) is 10.5 Å². The Balaban J connectivity index is 2.89. The molecule has 3 heteroatoms. The minimum absolute atomic E-state index is 0.373. The maximum atomic E-state index is 10.9. The third kappa shape index (κ3) is 1.70. The fraction of sp³-hybridized carbons (Fsp3) is 0.125. The molecule has 0 unspecified atom stereocenters. The monoisotopic (exact) mass is 167 g/mol. The normalized spacial score (nSPS) is 14.7. The van der Waals surface area contributed by atoms with Gasteiger partial charge in [0.2, 0.25) is 5.57 Å². The number of carbonyl (C=O) groups is 1. The maximum Gasteiger partial charge on any atom is 0.432 e. The molecule has 11 heavy (non-hydrogen) atoms. The quantitative estimate of drug-likeness (QED) is 0.361. The summed E-state index contributed by atoms with van der Waals surface area (Å²) >= 11 is 4.06. The van der Waals surface area contributed by atoms with Crippen LogP contribution in [0.3, 0.4) is 0 Å². The van der Waals surface area contributed by atoms with Crippen LogP contribution in [0.2, 0.25) is 0 Å². The van der Waals surface area contributed by atoms with E-state index >= 15 is 0 Å². The van der Waals surface area contributed by atoms with Crippen molar-refractivity contribution < 1.29 is 9.53 Å². The highest BCUT2D eigenvalue weighted by Crippen LogP contribution is 2.18. The van der Waals surface area contributed by atoms with Gasteiger partial charge in [0.05, 0.1) is 13.2 Å². The number of hydrogen-bond donors (Lipinski definition) is 1. The Morgan fingerprint density at radius 1 is 1.73 bits per heavy atom. The van der Waals surface area contributed by atoms with Crippen LogP contribution in [0.5, 0.6) is 0 Å². The number of thiol groups is 1. The second kappa shape index (κ2) is 3.37. The van der Waals surface area contributed by atoms with Crippen molar-refractivity contribution in [3.8, 4) is 0 Å². The van der Waals surface area contributed by atoms with Crippen molar-refractivity contribution in [2.75, 3.05) is 7.11 Å². The van der Waals surface area contributed by atoms with Crippen molar-refractivity contribution in [1.29, 1.82) is 0 Å². The summed E-state index contributed by atoms with van der Waals surface area (Å²) in [5.74, 6) is -0.407. The Hall–Kier alpha value is -1.05. The van der Waals surface area contributed by atoms with Crippen LogP contribution in [0.15, 0.2) is 28.7 Å². The molecule has 1 aliphatic carbocycles. The number of carbonyl (C=O) groups excluding carboxylic acids is 1. The smallest absolute Gasteiger partial charge is 0.420 e. The zero-order valence-corrected chi connectivity index (χ0v) is 6.89. The molecular weight excluding hydrogens is 160 g/mol. The number of ether oxygens (including phenoxy) is 1. The second-order valence-electron chi connectivity index (χ2n) is 1.92. The average Bonchev–Trinajstić information content (AvgIpc) is 2.04. The largest absolute Gasteiger partial charge is 0.432 e. The van der Waals surface area contributed by atoms with E-state index in [2.05, 4.69) is 23.4 Å². The molecule has 2 nitrogen and oxygen atoms in total. The first-order valence-electron chi connectivity index (χ1n) is 3.03. The number of methoxy groups -OCH3 is 1. The molecule has 0 aliphatic heterocycles. The van der Waals surface area contributed by atoms with Gasteiger partial charge >= 0.3 is 5.97 Å². The highest BCUT2D eigenvalue weighted by molar-refractivity contribution is 7.84. The Bertz CT molecular complexity index is 261. The summed E-state index contributed by atoms with van der Waals surface area (Å²) in [6.45, 7) is 0. The van der Waals surface area contributed by atoms with E-state index in [9.17, 15) is 4.79 Å². The van der Waals surface area contributed by atoms with Gasteiger partial charge in [-0.3, -0.25) is 0 Å². The first kappa shape index (κ1) is 8.05. The van der Waals surface area contributed by atoms with Gasteiger partial charge in [-0.15, -0.1) is 0 Å². The van der Waals surface area contributed by atoms with Gasteiger partial charge < -0.3 is 4.74 Å². The van der Waals surface area contributed by atoms with Crippen LogP contribution in [0.4, 0.5) is 0 Å². The Kier molecular flexibility index (Phi) is 2.47. The molecule has 0 amide bonds. The summed E-state index contributed by atoms with van der Waals surface area (Å²) in [5.41, 5.74) is 0.373. The van der Waals surface area contributed by atoms with E-state index in [0.717, 1.165) is 0 Å². The van der Waals surface area contributed by atoms with Gasteiger partial charge in [-0.1, -0.05) is 12.6 Å². The van der Waals surface area contributed by atoms with Crippen molar-refractivity contribution in [1.82, 2.24) is 0 Å². The van der Waals surface area contributed by atoms with Crippen LogP contribution in [0.25, 0.3) is 0 Å². The SMILES string of the molecule is COC(=O)C1=[C+]C=CC=C1S. The van der Waals surface area contributed by atoms with Crippen molar-refractivity contribution >= 4 is 18.6 Å². The Morgan fingerprint density at radius 3 is 3.00 bits per heavy atom. The standard InChI is InChI=1S/C8H6O2S/c1-10-8(9)6-4-2-3-5-7(6)11/h2-3,5H,1H3/p+1. The minimum atomic E-state index is -0.407. The highest BCUT2D eigenvalue weighted by atomic mass is 32.1. The van der Waals surface area contributed by atoms with Gasteiger partial charge in [0.15, 0.2) is 0 Å². The molecule has 0 saturated heterocycles. The molecule has 0 radical (unpaired) electrons. The van der Waals surface area contributed by atoms with Crippen molar-refractivity contribution in [2.24, 2.45) is 0 Å². The maximum absolute atomic E-state index is 10.9. The van der Waals surface area contributed by atoms with Gasteiger partial charge in [-0.25, -0.2) is 0 Å². The van der Waals surface area contributed by atoms with E-state index in [-0.39, 0.29) is 0 Å². The molecule has 0 aromatic carbocycles. The molecule has 1 rings (SSSR count). The molecular formula is C8H7O2S+. The summed E-state index contributed by atoms with van der Waals surface area (Å²) in [6, 6.07) is 0. The van der Waals surface area contributed by atoms with Crippen LogP contribution < -0.4 is 0 Å². The first-order chi connectivity index (χ1) is 5.25. The molecule has 0 atom stereocenters. The van der Waals surface area contributed by atoms with Crippen molar-refractivity contribution in [2.45, 2.75) is 0 Å². The zero-order valence-electron chi connectivity index (χ0n) is 6.00. The van der Waals surface area contributed by atoms with Gasteiger partial charge in [-0.05, 0) is 0 Å². The molecule has 0 aromatic rings. The molecule has 0 saturated carbocycles. The van der Waals surface area contributed by atoms with Crippen molar-refractivity contribution in [3.05, 3.63) is 34.8 Å². The average molecular weight is 167 g/mol. The molecule has 1 aliphatic rings. The summed E-state index contributed by atoms with van der Waals surface area (Å²) in [4.78, 5) is 11.5. The van der Waals surface area contributed by atoms with Crippen LogP contribution in [-0.4, -0.2) is 13.1 Å². The predicted molar refractivity (Wildman–Crippen MR) is 45.0 cm³/mol. The molecule has 0 N–H and O–H groups in total. The van der Waals surface area contributed by atoms with Crippen LogP contribution in [0, 0.1) is 6.08 Å². The summed E-state index contributed by atoms with van der Waals surface area (Å²) in [7, 11) is 1.33. The summed E-state index contributed by atoms with van der Waals surface area (Å²) < 4.78 is 4.50. The molecule has 0 heterocycles. The van der Waals surface area contributed by atoms with Crippen LogP contribution in [0.1, 0.15) is 0 Å². The highest BCUT2D eigenvalue weighted by Gasteiger charge is 2.22. The third-order valence-electron chi connectivity index (χ3n) is 1.22. The Morgan fingerprint density at radius 2 is 2.45 bits per heavy atom. The number of allylic oxidation sites excluding steroid dienone is 4. The lowest BCUT2D eigenvalue weighted by Crippen LogP contribution is -2.05. The lowest BCUT2D eigenvalue weighted by Gasteiger charge is -1.95. The lowest BCUT2D eigenvalue weighted by molar-refractivity contribution is -0.135. The van der Waals surface area contributed by atoms with Gasteiger partial charge in [0.25, 0.3) is 0 Å². The summed E-state index contributed by atoms with van der Waals surface area (Å²) in [5, 5.41) is 0. The van der Waals surface area contributed by atoms with Crippen LogP contribution in [-0.2, 0) is 9.53 Å². The lowest BCUT2D eigenvalue weighted by atomic mass is 10.1. The second-order valence-corrected chi connectivity index (χ2v) is 2.40. The van der Waals surface area contributed by atoms with Gasteiger partial charge in [-0.2, -0.15) is 4.79 Å². The number of rotatable bonds is 1. The Labute approximate surface area is 70.6 Å². The van der Waals surface area contributed by atoms with Gasteiger partial charge in [0.1, 0.15) is 4.91 Å². The topological polar surface area (TPSA) is 26.3 Å². The molecule has 0 fully saturated rings. The molecule has 0 aromatic heterocycles. The fourth-order valence-corrected chi connectivity index (χ4v) is 0.935. The third-order valence-corrected chi connectivity index (χ3v) is 1.60. The fourth-order valence-electron chi connectivity index (χ4n) is 0.694. The van der Waals surface area contributed by atoms with E-state index < -0.39 is 5.97 Å². The molecule has 56 valence electrons. The van der Waals surface area contributed by atoms with E-state index in [4.69, 9.17) is 0 Å². The first-order valence-corrected chi connectivity index (χ1v) is 3.48. The molecule has 0 bridgehead atoms.